The van der Waals surface area contributed by atoms with Gasteiger partial charge >= 0.3 is 0 Å². The Hall–Kier alpha value is -2.78. The summed E-state index contributed by atoms with van der Waals surface area (Å²) in [5, 5.41) is 2.92. The molecule has 3 aromatic rings. The third-order valence-corrected chi connectivity index (χ3v) is 7.20. The first-order chi connectivity index (χ1) is 16.9. The lowest BCUT2D eigenvalue weighted by molar-refractivity contribution is 0.0946. The molecule has 1 aliphatic heterocycles. The van der Waals surface area contributed by atoms with Crippen LogP contribution in [0.2, 0.25) is 0 Å². The van der Waals surface area contributed by atoms with E-state index in [4.69, 9.17) is 8.92 Å². The molecular weight excluding hydrogens is 467 g/mol. The Balaban J connectivity index is 1.49. The largest absolute Gasteiger partial charge is 0.496 e. The van der Waals surface area contributed by atoms with Crippen LogP contribution < -0.4 is 14.2 Å². The number of fused-ring (bicyclic) bond motifs is 1. The molecule has 2 aromatic heterocycles. The van der Waals surface area contributed by atoms with Gasteiger partial charge in [0.05, 0.1) is 19.0 Å². The Morgan fingerprint density at radius 3 is 2.66 bits per heavy atom. The molecule has 7 nitrogen and oxygen atoms in total. The van der Waals surface area contributed by atoms with Gasteiger partial charge in [-0.3, -0.25) is 9.20 Å². The minimum absolute atomic E-state index is 0.00263. The van der Waals surface area contributed by atoms with Crippen molar-refractivity contribution in [3.8, 4) is 22.8 Å². The molecule has 3 heterocycles. The minimum Gasteiger partial charge on any atom is -0.496 e. The molecule has 0 unspecified atom stereocenters. The Labute approximate surface area is 209 Å². The number of rotatable bonds is 9. The van der Waals surface area contributed by atoms with E-state index in [-0.39, 0.29) is 41.1 Å². The van der Waals surface area contributed by atoms with Gasteiger partial charge in [-0.2, -0.15) is 0 Å². The Morgan fingerprint density at radius 2 is 1.97 bits per heavy atom. The molecule has 9 heteroatoms. The second kappa shape index (κ2) is 9.70. The SMILES string of the molecule is COc1cc(-c2cnc3cc(C(C)(C)CN4CCCC4)ccn23)cc(OSF)c1C(=O)NC1CC1. The number of nitrogens with zero attached hydrogens (tertiary/aromatic N) is 3. The van der Waals surface area contributed by atoms with Gasteiger partial charge in [-0.25, -0.2) is 4.98 Å². The van der Waals surface area contributed by atoms with Crippen LogP contribution in [0.5, 0.6) is 11.5 Å². The van der Waals surface area contributed by atoms with E-state index in [1.165, 1.54) is 25.5 Å². The standard InChI is InChI=1S/C26H31FN4O3S/c1-26(2,16-30-9-4-5-10-30)18-8-11-31-20(15-28-23(31)14-18)17-12-21(33-3)24(22(13-17)34-35-27)25(32)29-19-6-7-19/h8,11-15,19H,4-7,9-10,16H2,1-3H3,(H,29,32). The molecule has 1 amide bonds. The molecule has 5 rings (SSSR count). The second-order valence-electron chi connectivity index (χ2n) is 10.1. The van der Waals surface area contributed by atoms with E-state index in [1.54, 1.807) is 18.3 Å². The zero-order chi connectivity index (χ0) is 24.6. The predicted octanol–water partition coefficient (Wildman–Crippen LogP) is 5.19. The number of halogens is 1. The van der Waals surface area contributed by atoms with Gasteiger partial charge in [0.25, 0.3) is 18.3 Å². The molecule has 1 saturated carbocycles. The molecule has 1 aromatic carbocycles. The number of nitrogens with one attached hydrogen (secondary N) is 1. The topological polar surface area (TPSA) is 68.1 Å². The minimum atomic E-state index is -0.331. The summed E-state index contributed by atoms with van der Waals surface area (Å²) < 4.78 is 25.8. The predicted molar refractivity (Wildman–Crippen MR) is 136 cm³/mol. The number of aromatic nitrogens is 2. The van der Waals surface area contributed by atoms with Crippen molar-refractivity contribution in [3.05, 3.63) is 47.8 Å². The third-order valence-electron chi connectivity index (χ3n) is 6.95. The van der Waals surface area contributed by atoms with Crippen molar-refractivity contribution in [2.45, 2.75) is 51.0 Å². The Morgan fingerprint density at radius 1 is 1.23 bits per heavy atom. The first kappa shape index (κ1) is 23.9. The van der Waals surface area contributed by atoms with Crippen molar-refractivity contribution in [2.75, 3.05) is 26.7 Å². The van der Waals surface area contributed by atoms with Crippen LogP contribution >= 0.6 is 12.4 Å². The molecule has 1 saturated heterocycles. The highest BCUT2D eigenvalue weighted by Gasteiger charge is 2.29. The molecule has 0 spiro atoms. The number of hydrogen-bond acceptors (Lipinski definition) is 6. The summed E-state index contributed by atoms with van der Waals surface area (Å²) in [6.45, 7) is 7.89. The highest BCUT2D eigenvalue weighted by Crippen LogP contribution is 2.38. The van der Waals surface area contributed by atoms with Crippen molar-refractivity contribution in [3.63, 3.8) is 0 Å². The molecule has 35 heavy (non-hydrogen) atoms. The number of pyridine rings is 1. The molecule has 2 fully saturated rings. The van der Waals surface area contributed by atoms with E-state index in [0.29, 0.717) is 11.3 Å². The summed E-state index contributed by atoms with van der Waals surface area (Å²) in [5.74, 6) is 0.106. The van der Waals surface area contributed by atoms with Gasteiger partial charge in [-0.05, 0) is 68.6 Å². The maximum Gasteiger partial charge on any atom is 0.272 e. The van der Waals surface area contributed by atoms with Crippen molar-refractivity contribution in [2.24, 2.45) is 0 Å². The van der Waals surface area contributed by atoms with Crippen LogP contribution in [0.4, 0.5) is 3.89 Å². The summed E-state index contributed by atoms with van der Waals surface area (Å²) >= 11 is -0.295. The summed E-state index contributed by atoms with van der Waals surface area (Å²) in [6, 6.07) is 7.85. The van der Waals surface area contributed by atoms with Crippen LogP contribution in [0.25, 0.3) is 16.9 Å². The molecule has 2 aliphatic rings. The number of imidazole rings is 1. The number of benzene rings is 1. The highest BCUT2D eigenvalue weighted by molar-refractivity contribution is 7.89. The van der Waals surface area contributed by atoms with Crippen LogP contribution in [0.3, 0.4) is 0 Å². The fourth-order valence-electron chi connectivity index (χ4n) is 4.91. The second-order valence-corrected chi connectivity index (χ2v) is 10.4. The Kier molecular flexibility index (Phi) is 6.63. The number of ether oxygens (including phenoxy) is 1. The van der Waals surface area contributed by atoms with Crippen LogP contribution in [0.15, 0.2) is 36.7 Å². The number of carbonyl (C=O) groups is 1. The van der Waals surface area contributed by atoms with Crippen LogP contribution in [-0.2, 0) is 5.41 Å². The molecule has 0 bridgehead atoms. The zero-order valence-corrected chi connectivity index (χ0v) is 21.2. The van der Waals surface area contributed by atoms with Gasteiger partial charge in [0.2, 0.25) is 0 Å². The average Bonchev–Trinajstić information content (AvgIpc) is 3.32. The van der Waals surface area contributed by atoms with Crippen molar-refractivity contribution in [1.29, 1.82) is 0 Å². The molecule has 1 aliphatic carbocycles. The molecule has 186 valence electrons. The van der Waals surface area contributed by atoms with E-state index >= 15 is 0 Å². The number of carbonyl (C=O) groups excluding carboxylic acids is 1. The van der Waals surface area contributed by atoms with Crippen molar-refractivity contribution < 1.29 is 17.6 Å². The zero-order valence-electron chi connectivity index (χ0n) is 20.3. The van der Waals surface area contributed by atoms with Gasteiger partial charge in [-0.1, -0.05) is 13.8 Å². The molecule has 0 atom stereocenters. The lowest BCUT2D eigenvalue weighted by Gasteiger charge is -2.30. The number of amides is 1. The van der Waals surface area contributed by atoms with E-state index in [9.17, 15) is 8.68 Å². The van der Waals surface area contributed by atoms with E-state index < -0.39 is 0 Å². The maximum atomic E-state index is 13.2. The smallest absolute Gasteiger partial charge is 0.272 e. The number of hydrogen-bond donors (Lipinski definition) is 1. The van der Waals surface area contributed by atoms with Crippen LogP contribution in [0, 0.1) is 0 Å². The number of likely N-dealkylation sites (tertiary alicyclic amines) is 1. The molecule has 1 N–H and O–H groups in total. The van der Waals surface area contributed by atoms with E-state index in [0.717, 1.165) is 43.8 Å². The third kappa shape index (κ3) is 4.97. The van der Waals surface area contributed by atoms with E-state index in [1.807, 2.05) is 10.6 Å². The monoisotopic (exact) mass is 498 g/mol. The van der Waals surface area contributed by atoms with Crippen molar-refractivity contribution >= 4 is 24.0 Å². The highest BCUT2D eigenvalue weighted by atomic mass is 32.2. The average molecular weight is 499 g/mol. The van der Waals surface area contributed by atoms with Gasteiger partial charge in [0.15, 0.2) is 5.75 Å². The maximum absolute atomic E-state index is 13.2. The van der Waals surface area contributed by atoms with Crippen LogP contribution in [0.1, 0.15) is 55.5 Å². The Bertz CT molecular complexity index is 1230. The summed E-state index contributed by atoms with van der Waals surface area (Å²) in [7, 11) is 1.49. The van der Waals surface area contributed by atoms with Crippen molar-refractivity contribution in [1.82, 2.24) is 19.6 Å². The first-order valence-electron chi connectivity index (χ1n) is 12.1. The first-order valence-corrected chi connectivity index (χ1v) is 12.7. The normalized spacial score (nSPS) is 16.6. The fraction of sp³-hybridized carbons (Fsp3) is 0.462. The van der Waals surface area contributed by atoms with Gasteiger partial charge in [0.1, 0.15) is 17.0 Å². The van der Waals surface area contributed by atoms with Gasteiger partial charge in [0, 0.05) is 29.8 Å². The summed E-state index contributed by atoms with van der Waals surface area (Å²) in [6.07, 6.45) is 8.23. The van der Waals surface area contributed by atoms with E-state index in [2.05, 4.69) is 41.2 Å². The summed E-state index contributed by atoms with van der Waals surface area (Å²) in [4.78, 5) is 20.0. The fourth-order valence-corrected chi connectivity index (χ4v) is 5.11. The van der Waals surface area contributed by atoms with Crippen LogP contribution in [-0.4, -0.2) is 53.0 Å². The lowest BCUT2D eigenvalue weighted by atomic mass is 9.84. The van der Waals surface area contributed by atoms with Gasteiger partial charge < -0.3 is 19.1 Å². The van der Waals surface area contributed by atoms with Gasteiger partial charge in [-0.15, -0.1) is 3.89 Å². The lowest BCUT2D eigenvalue weighted by Crippen LogP contribution is -2.35. The molecular formula is C26H31FN4O3S. The summed E-state index contributed by atoms with van der Waals surface area (Å²) in [5.41, 5.74) is 3.75. The number of methoxy groups -OCH3 is 1. The quantitative estimate of drug-likeness (QED) is 0.410. The molecule has 0 radical (unpaired) electrons.